The van der Waals surface area contributed by atoms with Crippen molar-refractivity contribution in [3.8, 4) is 0 Å². The van der Waals surface area contributed by atoms with Gasteiger partial charge in [0, 0.05) is 12.2 Å². The van der Waals surface area contributed by atoms with Gasteiger partial charge in [0.1, 0.15) is 0 Å². The van der Waals surface area contributed by atoms with Gasteiger partial charge in [-0.15, -0.1) is 0 Å². The summed E-state index contributed by atoms with van der Waals surface area (Å²) in [7, 11) is 0. The van der Waals surface area contributed by atoms with Gasteiger partial charge in [-0.25, -0.2) is 0 Å². The third-order valence-electron chi connectivity index (χ3n) is 3.99. The van der Waals surface area contributed by atoms with Crippen LogP contribution in [0.4, 0.5) is 5.69 Å². The normalized spacial score (nSPS) is 28.5. The molecule has 2 heteroatoms. The summed E-state index contributed by atoms with van der Waals surface area (Å²) in [6.07, 6.45) is 4.43. The molecule has 1 aliphatic heterocycles. The van der Waals surface area contributed by atoms with Crippen molar-refractivity contribution in [3.63, 3.8) is 0 Å². The highest BCUT2D eigenvalue weighted by Gasteiger charge is 2.35. The molecular formula is C14H19NO. The molecule has 2 atom stereocenters. The van der Waals surface area contributed by atoms with Gasteiger partial charge in [-0.1, -0.05) is 17.7 Å². The summed E-state index contributed by atoms with van der Waals surface area (Å²) in [4.78, 5) is 2.42. The Kier molecular flexibility index (Phi) is 2.40. The van der Waals surface area contributed by atoms with Crippen LogP contribution in [0.15, 0.2) is 18.2 Å². The molecule has 0 bridgehead atoms. The fraction of sp³-hybridized carbons (Fsp3) is 0.571. The van der Waals surface area contributed by atoms with Gasteiger partial charge in [-0.2, -0.15) is 0 Å². The minimum atomic E-state index is -0.104. The van der Waals surface area contributed by atoms with Crippen LogP contribution in [0, 0.1) is 6.92 Å². The Morgan fingerprint density at radius 2 is 2.19 bits per heavy atom. The van der Waals surface area contributed by atoms with Crippen LogP contribution >= 0.6 is 0 Å². The molecule has 0 spiro atoms. The Bertz CT molecular complexity index is 402. The van der Waals surface area contributed by atoms with E-state index in [1.807, 2.05) is 0 Å². The lowest BCUT2D eigenvalue weighted by Crippen LogP contribution is -2.52. The van der Waals surface area contributed by atoms with Crippen LogP contribution in [0.2, 0.25) is 0 Å². The van der Waals surface area contributed by atoms with Gasteiger partial charge >= 0.3 is 0 Å². The average Bonchev–Trinajstić information content (AvgIpc) is 2.27. The van der Waals surface area contributed by atoms with E-state index >= 15 is 0 Å². The number of aliphatic hydroxyl groups excluding tert-OH is 1. The van der Waals surface area contributed by atoms with Gasteiger partial charge in [0.25, 0.3) is 0 Å². The van der Waals surface area contributed by atoms with E-state index in [1.54, 1.807) is 0 Å². The molecule has 0 saturated heterocycles. The molecule has 1 aromatic carbocycles. The maximum atomic E-state index is 9.80. The smallest absolute Gasteiger partial charge is 0.0744 e. The monoisotopic (exact) mass is 217 g/mol. The van der Waals surface area contributed by atoms with E-state index in [1.165, 1.54) is 29.7 Å². The Hall–Kier alpha value is -1.02. The van der Waals surface area contributed by atoms with Crippen molar-refractivity contribution in [1.82, 2.24) is 0 Å². The van der Waals surface area contributed by atoms with Crippen LogP contribution in [0.25, 0.3) is 0 Å². The van der Waals surface area contributed by atoms with Crippen LogP contribution in [0.3, 0.4) is 0 Å². The number of fused-ring (bicyclic) bond motifs is 1. The topological polar surface area (TPSA) is 23.5 Å². The molecule has 2 nitrogen and oxygen atoms in total. The molecule has 1 heterocycles. The van der Waals surface area contributed by atoms with Crippen molar-refractivity contribution in [2.24, 2.45) is 0 Å². The first-order valence-electron chi connectivity index (χ1n) is 6.30. The minimum Gasteiger partial charge on any atom is -0.391 e. The fourth-order valence-electron chi connectivity index (χ4n) is 2.93. The van der Waals surface area contributed by atoms with E-state index in [-0.39, 0.29) is 6.10 Å². The Labute approximate surface area is 96.9 Å². The zero-order valence-corrected chi connectivity index (χ0v) is 9.82. The lowest BCUT2D eigenvalue weighted by Gasteiger charge is -2.45. The zero-order chi connectivity index (χ0) is 11.1. The molecule has 1 fully saturated rings. The number of hydrogen-bond donors (Lipinski definition) is 1. The first kappa shape index (κ1) is 10.2. The summed E-state index contributed by atoms with van der Waals surface area (Å²) in [6, 6.07) is 7.09. The Morgan fingerprint density at radius 1 is 1.31 bits per heavy atom. The highest BCUT2D eigenvalue weighted by atomic mass is 16.3. The van der Waals surface area contributed by atoms with Crippen LogP contribution in [0.1, 0.15) is 30.4 Å². The van der Waals surface area contributed by atoms with Crippen molar-refractivity contribution in [3.05, 3.63) is 29.3 Å². The van der Waals surface area contributed by atoms with E-state index in [9.17, 15) is 5.11 Å². The highest BCUT2D eigenvalue weighted by Crippen LogP contribution is 2.35. The summed E-state index contributed by atoms with van der Waals surface area (Å²) in [6.45, 7) is 3.26. The molecule has 1 aromatic rings. The zero-order valence-electron chi connectivity index (χ0n) is 9.82. The highest BCUT2D eigenvalue weighted by molar-refractivity contribution is 5.58. The first-order chi connectivity index (χ1) is 7.75. The maximum Gasteiger partial charge on any atom is 0.0744 e. The van der Waals surface area contributed by atoms with Crippen molar-refractivity contribution < 1.29 is 5.11 Å². The molecule has 1 saturated carbocycles. The van der Waals surface area contributed by atoms with Crippen molar-refractivity contribution in [2.45, 2.75) is 44.8 Å². The standard InChI is InChI=1S/C14H19NO/c1-10-4-5-12-11(9-10)3-2-8-15(12)13-6-7-14(13)16/h4-5,9,13-14,16H,2-3,6-8H2,1H3/t13-,14-/m0/s1. The quantitative estimate of drug-likeness (QED) is 0.780. The number of nitrogens with zero attached hydrogens (tertiary/aromatic N) is 1. The molecule has 1 N–H and O–H groups in total. The van der Waals surface area contributed by atoms with Crippen LogP contribution in [-0.4, -0.2) is 23.8 Å². The molecule has 0 aromatic heterocycles. The maximum absolute atomic E-state index is 9.80. The predicted molar refractivity (Wildman–Crippen MR) is 65.9 cm³/mol. The van der Waals surface area contributed by atoms with Gasteiger partial charge in [0.2, 0.25) is 0 Å². The molecule has 86 valence electrons. The van der Waals surface area contributed by atoms with E-state index in [0.717, 1.165) is 19.4 Å². The second-order valence-electron chi connectivity index (χ2n) is 5.14. The summed E-state index contributed by atoms with van der Waals surface area (Å²) in [5.41, 5.74) is 4.17. The van der Waals surface area contributed by atoms with Crippen molar-refractivity contribution in [1.29, 1.82) is 0 Å². The van der Waals surface area contributed by atoms with Crippen LogP contribution < -0.4 is 4.90 Å². The summed E-state index contributed by atoms with van der Waals surface area (Å²) >= 11 is 0. The second-order valence-corrected chi connectivity index (χ2v) is 5.14. The molecule has 16 heavy (non-hydrogen) atoms. The summed E-state index contributed by atoms with van der Waals surface area (Å²) < 4.78 is 0. The molecule has 2 aliphatic rings. The van der Waals surface area contributed by atoms with E-state index < -0.39 is 0 Å². The first-order valence-corrected chi connectivity index (χ1v) is 6.30. The van der Waals surface area contributed by atoms with Gasteiger partial charge in [0.05, 0.1) is 12.1 Å². The molecule has 3 rings (SSSR count). The molecular weight excluding hydrogens is 198 g/mol. The molecule has 0 radical (unpaired) electrons. The SMILES string of the molecule is Cc1ccc2c(c1)CCCN2[C@H]1CC[C@@H]1O. The van der Waals surface area contributed by atoms with Gasteiger partial charge in [-0.05, 0) is 44.2 Å². The number of aryl methyl sites for hydroxylation is 2. The summed E-state index contributed by atoms with van der Waals surface area (Å²) in [5.74, 6) is 0. The van der Waals surface area contributed by atoms with Crippen molar-refractivity contribution in [2.75, 3.05) is 11.4 Å². The molecule has 1 aliphatic carbocycles. The largest absolute Gasteiger partial charge is 0.391 e. The van der Waals surface area contributed by atoms with Gasteiger partial charge < -0.3 is 10.0 Å². The Balaban J connectivity index is 1.93. The third kappa shape index (κ3) is 1.52. The summed E-state index contributed by atoms with van der Waals surface area (Å²) in [5, 5.41) is 9.80. The average molecular weight is 217 g/mol. The number of benzene rings is 1. The number of rotatable bonds is 1. The van der Waals surface area contributed by atoms with Gasteiger partial charge in [0.15, 0.2) is 0 Å². The number of hydrogen-bond acceptors (Lipinski definition) is 2. The number of aliphatic hydroxyl groups is 1. The lowest BCUT2D eigenvalue weighted by molar-refractivity contribution is 0.0637. The second kappa shape index (κ2) is 3.77. The number of anilines is 1. The van der Waals surface area contributed by atoms with E-state index in [0.29, 0.717) is 6.04 Å². The van der Waals surface area contributed by atoms with Crippen molar-refractivity contribution >= 4 is 5.69 Å². The van der Waals surface area contributed by atoms with E-state index in [2.05, 4.69) is 30.0 Å². The molecule has 0 unspecified atom stereocenters. The van der Waals surface area contributed by atoms with Crippen LogP contribution in [-0.2, 0) is 6.42 Å². The fourth-order valence-corrected chi connectivity index (χ4v) is 2.93. The van der Waals surface area contributed by atoms with Crippen LogP contribution in [0.5, 0.6) is 0 Å². The van der Waals surface area contributed by atoms with Gasteiger partial charge in [-0.3, -0.25) is 0 Å². The minimum absolute atomic E-state index is 0.104. The Morgan fingerprint density at radius 3 is 2.88 bits per heavy atom. The molecule has 0 amide bonds. The lowest BCUT2D eigenvalue weighted by atomic mass is 9.85. The third-order valence-corrected chi connectivity index (χ3v) is 3.99. The predicted octanol–water partition coefficient (Wildman–Crippen LogP) is 2.27. The van der Waals surface area contributed by atoms with E-state index in [4.69, 9.17) is 0 Å².